The molecule has 0 bridgehead atoms. The summed E-state index contributed by atoms with van der Waals surface area (Å²) in [6.07, 6.45) is 6.08. The van der Waals surface area contributed by atoms with Gasteiger partial charge < -0.3 is 10.2 Å². The third-order valence-electron chi connectivity index (χ3n) is 4.15. The molecule has 3 rings (SSSR count). The van der Waals surface area contributed by atoms with Gasteiger partial charge in [-0.15, -0.1) is 0 Å². The normalized spacial score (nSPS) is 25.4. The van der Waals surface area contributed by atoms with Gasteiger partial charge in [0, 0.05) is 19.1 Å². The van der Waals surface area contributed by atoms with Gasteiger partial charge in [-0.05, 0) is 31.6 Å². The van der Waals surface area contributed by atoms with Crippen LogP contribution in [0.25, 0.3) is 0 Å². The Bertz CT molecular complexity index is 458. The van der Waals surface area contributed by atoms with Crippen molar-refractivity contribution in [2.75, 3.05) is 28.7 Å². The number of anilines is 3. The van der Waals surface area contributed by atoms with Crippen LogP contribution in [0, 0.1) is 5.92 Å². The molecule has 2 unspecified atom stereocenters. The molecule has 0 radical (unpaired) electrons. The Labute approximate surface area is 119 Å². The molecule has 0 spiro atoms. The van der Waals surface area contributed by atoms with Gasteiger partial charge in [0.2, 0.25) is 17.8 Å². The lowest BCUT2D eigenvalue weighted by Gasteiger charge is -2.26. The van der Waals surface area contributed by atoms with Crippen molar-refractivity contribution in [3.8, 4) is 0 Å². The van der Waals surface area contributed by atoms with E-state index < -0.39 is 0 Å². The maximum Gasteiger partial charge on any atom is 0.243 e. The molecule has 1 saturated carbocycles. The highest BCUT2D eigenvalue weighted by atomic mass is 15.4. The van der Waals surface area contributed by atoms with Crippen LogP contribution in [-0.4, -0.2) is 34.1 Å². The van der Waals surface area contributed by atoms with E-state index in [0.717, 1.165) is 25.0 Å². The van der Waals surface area contributed by atoms with Gasteiger partial charge >= 0.3 is 0 Å². The Morgan fingerprint density at radius 2 is 1.90 bits per heavy atom. The minimum atomic E-state index is 0.428. The van der Waals surface area contributed by atoms with Gasteiger partial charge in [-0.1, -0.05) is 13.3 Å². The Morgan fingerprint density at radius 3 is 2.55 bits per heavy atom. The first-order chi connectivity index (χ1) is 9.80. The Kier molecular flexibility index (Phi) is 3.86. The smallest absolute Gasteiger partial charge is 0.243 e. The number of nitrogens with zero attached hydrogens (tertiary/aromatic N) is 4. The van der Waals surface area contributed by atoms with Gasteiger partial charge in [0.05, 0.1) is 0 Å². The minimum absolute atomic E-state index is 0.428. The molecule has 2 aliphatic rings. The standard InChI is InChI=1S/C13H23N7/c1-2-9-8-10(9)15-11-16-12(19-14)18-13(17-11)20-6-4-3-5-7-20/h9-10H,2-8,14H2,1H3,(H2,15,16,17,18,19). The van der Waals surface area contributed by atoms with Crippen LogP contribution < -0.4 is 21.5 Å². The number of aromatic nitrogens is 3. The van der Waals surface area contributed by atoms with Crippen LogP contribution in [-0.2, 0) is 0 Å². The second-order valence-electron chi connectivity index (χ2n) is 5.63. The summed E-state index contributed by atoms with van der Waals surface area (Å²) in [6.45, 7) is 4.23. The van der Waals surface area contributed by atoms with E-state index in [4.69, 9.17) is 5.84 Å². The van der Waals surface area contributed by atoms with E-state index >= 15 is 0 Å². The van der Waals surface area contributed by atoms with Gasteiger partial charge in [0.25, 0.3) is 0 Å². The van der Waals surface area contributed by atoms with Crippen molar-refractivity contribution in [1.29, 1.82) is 0 Å². The lowest BCUT2D eigenvalue weighted by molar-refractivity contribution is 0.567. The maximum atomic E-state index is 5.47. The first kappa shape index (κ1) is 13.4. The second-order valence-corrected chi connectivity index (χ2v) is 5.63. The zero-order chi connectivity index (χ0) is 13.9. The predicted octanol–water partition coefficient (Wildman–Crippen LogP) is 1.36. The van der Waals surface area contributed by atoms with Crippen LogP contribution in [0.2, 0.25) is 0 Å². The molecule has 0 aromatic carbocycles. The van der Waals surface area contributed by atoms with Crippen molar-refractivity contribution in [2.45, 2.75) is 45.1 Å². The number of hydrazine groups is 1. The van der Waals surface area contributed by atoms with Gasteiger partial charge in [0.15, 0.2) is 0 Å². The molecule has 7 nitrogen and oxygen atoms in total. The molecule has 110 valence electrons. The number of piperidine rings is 1. The molecule has 1 aromatic heterocycles. The fourth-order valence-electron chi connectivity index (χ4n) is 2.77. The second kappa shape index (κ2) is 5.78. The van der Waals surface area contributed by atoms with Crippen LogP contribution >= 0.6 is 0 Å². The molecular weight excluding hydrogens is 254 g/mol. The molecule has 1 aromatic rings. The molecule has 1 aliphatic carbocycles. The summed E-state index contributed by atoms with van der Waals surface area (Å²) in [4.78, 5) is 15.4. The molecule has 0 amide bonds. The van der Waals surface area contributed by atoms with E-state index in [0.29, 0.717) is 17.9 Å². The summed E-state index contributed by atoms with van der Waals surface area (Å²) < 4.78 is 0. The molecule has 7 heteroatoms. The van der Waals surface area contributed by atoms with Crippen molar-refractivity contribution in [3.63, 3.8) is 0 Å². The van der Waals surface area contributed by atoms with Gasteiger partial charge in [-0.25, -0.2) is 5.84 Å². The van der Waals surface area contributed by atoms with E-state index in [1.165, 1.54) is 32.1 Å². The molecule has 4 N–H and O–H groups in total. The molecule has 2 atom stereocenters. The minimum Gasteiger partial charge on any atom is -0.351 e. The first-order valence-electron chi connectivity index (χ1n) is 7.54. The average Bonchev–Trinajstić information content (AvgIpc) is 3.26. The van der Waals surface area contributed by atoms with Gasteiger partial charge in [0.1, 0.15) is 0 Å². The van der Waals surface area contributed by atoms with Gasteiger partial charge in [-0.3, -0.25) is 5.43 Å². The fraction of sp³-hybridized carbons (Fsp3) is 0.769. The van der Waals surface area contributed by atoms with Crippen LogP contribution in [0.3, 0.4) is 0 Å². The lowest BCUT2D eigenvalue weighted by Crippen LogP contribution is -2.32. The zero-order valence-corrected chi connectivity index (χ0v) is 12.0. The number of nitrogens with one attached hydrogen (secondary N) is 2. The maximum absolute atomic E-state index is 5.47. The quantitative estimate of drug-likeness (QED) is 0.553. The monoisotopic (exact) mass is 277 g/mol. The number of nitrogens with two attached hydrogens (primary N) is 1. The van der Waals surface area contributed by atoms with Crippen molar-refractivity contribution in [2.24, 2.45) is 11.8 Å². The summed E-state index contributed by atoms with van der Waals surface area (Å²) in [5, 5.41) is 3.39. The topological polar surface area (TPSA) is 92.0 Å². The highest BCUT2D eigenvalue weighted by Crippen LogP contribution is 2.35. The molecule has 20 heavy (non-hydrogen) atoms. The van der Waals surface area contributed by atoms with Crippen LogP contribution in [0.5, 0.6) is 0 Å². The predicted molar refractivity (Wildman–Crippen MR) is 79.5 cm³/mol. The van der Waals surface area contributed by atoms with E-state index in [2.05, 4.69) is 37.5 Å². The summed E-state index contributed by atoms with van der Waals surface area (Å²) in [5.41, 5.74) is 2.54. The lowest BCUT2D eigenvalue weighted by atomic mass is 10.1. The SMILES string of the molecule is CCC1CC1Nc1nc(NN)nc(N2CCCCC2)n1. The van der Waals surface area contributed by atoms with E-state index in [1.54, 1.807) is 0 Å². The molecule has 1 aliphatic heterocycles. The summed E-state index contributed by atoms with van der Waals surface area (Å²) >= 11 is 0. The Morgan fingerprint density at radius 1 is 1.15 bits per heavy atom. The van der Waals surface area contributed by atoms with E-state index in [-0.39, 0.29) is 0 Å². The number of hydrogen-bond donors (Lipinski definition) is 3. The Hall–Kier alpha value is -1.63. The third kappa shape index (κ3) is 2.92. The average molecular weight is 277 g/mol. The molecular formula is C13H23N7. The highest BCUT2D eigenvalue weighted by molar-refractivity contribution is 5.44. The third-order valence-corrected chi connectivity index (χ3v) is 4.15. The van der Waals surface area contributed by atoms with Gasteiger partial charge in [-0.2, -0.15) is 15.0 Å². The number of rotatable bonds is 5. The van der Waals surface area contributed by atoms with Crippen LogP contribution in [0.1, 0.15) is 39.0 Å². The van der Waals surface area contributed by atoms with Crippen LogP contribution in [0.15, 0.2) is 0 Å². The molecule has 1 saturated heterocycles. The summed E-state index contributed by atoms with van der Waals surface area (Å²) in [6, 6.07) is 0.502. The largest absolute Gasteiger partial charge is 0.351 e. The van der Waals surface area contributed by atoms with E-state index in [9.17, 15) is 0 Å². The van der Waals surface area contributed by atoms with Crippen molar-refractivity contribution < 1.29 is 0 Å². The molecule has 2 fully saturated rings. The number of nitrogen functional groups attached to an aromatic ring is 1. The fourth-order valence-corrected chi connectivity index (χ4v) is 2.77. The Balaban J connectivity index is 1.75. The number of hydrogen-bond acceptors (Lipinski definition) is 7. The van der Waals surface area contributed by atoms with E-state index in [1.807, 2.05) is 0 Å². The highest BCUT2D eigenvalue weighted by Gasteiger charge is 2.36. The van der Waals surface area contributed by atoms with Crippen molar-refractivity contribution in [1.82, 2.24) is 15.0 Å². The summed E-state index contributed by atoms with van der Waals surface area (Å²) in [5.74, 6) is 8.00. The van der Waals surface area contributed by atoms with Crippen molar-refractivity contribution in [3.05, 3.63) is 0 Å². The zero-order valence-electron chi connectivity index (χ0n) is 12.0. The summed E-state index contributed by atoms with van der Waals surface area (Å²) in [7, 11) is 0. The first-order valence-corrected chi connectivity index (χ1v) is 7.54. The molecule has 2 heterocycles. The van der Waals surface area contributed by atoms with Crippen molar-refractivity contribution >= 4 is 17.8 Å². The van der Waals surface area contributed by atoms with Crippen LogP contribution in [0.4, 0.5) is 17.8 Å².